The maximum absolute atomic E-state index is 12.8. The van der Waals surface area contributed by atoms with Crippen LogP contribution in [-0.2, 0) is 19.1 Å². The maximum atomic E-state index is 12.8. The Bertz CT molecular complexity index is 1350. The van der Waals surface area contributed by atoms with Gasteiger partial charge in [0.2, 0.25) is 5.88 Å². The summed E-state index contributed by atoms with van der Waals surface area (Å²) < 4.78 is 21.4. The molecule has 0 aromatic heterocycles. The molecule has 0 bridgehead atoms. The standard InChI is InChI=1S/C27H25N3O7/c1-34-22-12-16(24-18(13-28)26(29)37-21-5-3-4-19(31)25(21)24)8-11-20(22)36-14-23(32)30-17-9-6-15(7-10-17)27(33)35-2/h6-12,24H,3-5,14,29H2,1-2H3,(H,30,32)/t24-/m1/s1. The third-order valence-corrected chi connectivity index (χ3v) is 6.07. The van der Waals surface area contributed by atoms with Crippen LogP contribution in [0.1, 0.15) is 41.1 Å². The molecule has 1 aliphatic heterocycles. The van der Waals surface area contributed by atoms with Crippen LogP contribution in [0.25, 0.3) is 0 Å². The molecule has 10 heteroatoms. The van der Waals surface area contributed by atoms with Gasteiger partial charge in [0.25, 0.3) is 5.91 Å². The van der Waals surface area contributed by atoms with Gasteiger partial charge in [0, 0.05) is 24.1 Å². The van der Waals surface area contributed by atoms with E-state index in [0.717, 1.165) is 0 Å². The number of hydrogen-bond acceptors (Lipinski definition) is 9. The van der Waals surface area contributed by atoms with Crippen molar-refractivity contribution in [2.75, 3.05) is 26.1 Å². The van der Waals surface area contributed by atoms with Gasteiger partial charge in [-0.25, -0.2) is 4.79 Å². The summed E-state index contributed by atoms with van der Waals surface area (Å²) in [4.78, 5) is 36.7. The number of esters is 1. The first kappa shape index (κ1) is 25.3. The van der Waals surface area contributed by atoms with Gasteiger partial charge in [0.15, 0.2) is 23.9 Å². The molecule has 10 nitrogen and oxygen atoms in total. The topological polar surface area (TPSA) is 150 Å². The van der Waals surface area contributed by atoms with E-state index in [2.05, 4.69) is 16.1 Å². The molecule has 2 aliphatic rings. The lowest BCUT2D eigenvalue weighted by atomic mass is 9.77. The van der Waals surface area contributed by atoms with Crippen LogP contribution >= 0.6 is 0 Å². The molecule has 190 valence electrons. The Morgan fingerprint density at radius 2 is 1.89 bits per heavy atom. The average Bonchev–Trinajstić information content (AvgIpc) is 2.91. The number of ether oxygens (including phenoxy) is 4. The molecule has 1 aliphatic carbocycles. The number of allylic oxidation sites excluding steroid dienone is 3. The number of nitriles is 1. The number of carbonyl (C=O) groups is 3. The van der Waals surface area contributed by atoms with Crippen LogP contribution in [-0.4, -0.2) is 38.5 Å². The van der Waals surface area contributed by atoms with Gasteiger partial charge in [-0.2, -0.15) is 5.26 Å². The number of ketones is 1. The normalized spacial score (nSPS) is 16.8. The van der Waals surface area contributed by atoms with Crippen LogP contribution in [0.2, 0.25) is 0 Å². The molecule has 0 radical (unpaired) electrons. The first-order valence-electron chi connectivity index (χ1n) is 11.5. The van der Waals surface area contributed by atoms with E-state index < -0.39 is 17.8 Å². The molecule has 1 amide bonds. The molecule has 0 spiro atoms. The van der Waals surface area contributed by atoms with Gasteiger partial charge >= 0.3 is 5.97 Å². The number of nitrogens with one attached hydrogen (secondary N) is 1. The molecule has 2 aromatic carbocycles. The Morgan fingerprint density at radius 1 is 1.14 bits per heavy atom. The summed E-state index contributed by atoms with van der Waals surface area (Å²) in [5.41, 5.74) is 8.06. The van der Waals surface area contributed by atoms with E-state index in [4.69, 9.17) is 19.9 Å². The van der Waals surface area contributed by atoms with E-state index >= 15 is 0 Å². The molecule has 37 heavy (non-hydrogen) atoms. The van der Waals surface area contributed by atoms with Gasteiger partial charge in [-0.3, -0.25) is 9.59 Å². The van der Waals surface area contributed by atoms with Crippen molar-refractivity contribution < 1.29 is 33.3 Å². The van der Waals surface area contributed by atoms with E-state index in [1.54, 1.807) is 30.3 Å². The summed E-state index contributed by atoms with van der Waals surface area (Å²) in [6.07, 6.45) is 1.60. The first-order chi connectivity index (χ1) is 17.9. The quantitative estimate of drug-likeness (QED) is 0.542. The summed E-state index contributed by atoms with van der Waals surface area (Å²) in [6.45, 7) is -0.310. The van der Waals surface area contributed by atoms with Gasteiger partial charge in [-0.15, -0.1) is 0 Å². The van der Waals surface area contributed by atoms with E-state index in [-0.39, 0.29) is 23.8 Å². The van der Waals surface area contributed by atoms with Crippen LogP contribution in [0, 0.1) is 11.3 Å². The van der Waals surface area contributed by atoms with Gasteiger partial charge in [-0.05, 0) is 48.4 Å². The molecule has 1 heterocycles. The van der Waals surface area contributed by atoms with Gasteiger partial charge < -0.3 is 30.0 Å². The van der Waals surface area contributed by atoms with Crippen molar-refractivity contribution in [2.24, 2.45) is 5.73 Å². The number of rotatable bonds is 7. The fraction of sp³-hybridized carbons (Fsp3) is 0.259. The molecule has 0 saturated carbocycles. The number of carbonyl (C=O) groups excluding carboxylic acids is 3. The second-order valence-corrected chi connectivity index (χ2v) is 8.35. The van der Waals surface area contributed by atoms with Gasteiger partial charge in [0.05, 0.1) is 25.7 Å². The van der Waals surface area contributed by atoms with E-state index in [9.17, 15) is 19.6 Å². The number of anilines is 1. The van der Waals surface area contributed by atoms with Crippen molar-refractivity contribution in [2.45, 2.75) is 25.2 Å². The lowest BCUT2D eigenvalue weighted by Crippen LogP contribution is -2.27. The fourth-order valence-corrected chi connectivity index (χ4v) is 4.32. The van der Waals surface area contributed by atoms with Crippen LogP contribution in [0.3, 0.4) is 0 Å². The predicted octanol–water partition coefficient (Wildman–Crippen LogP) is 3.31. The largest absolute Gasteiger partial charge is 0.493 e. The average molecular weight is 504 g/mol. The second kappa shape index (κ2) is 10.9. The minimum Gasteiger partial charge on any atom is -0.493 e. The molecule has 0 saturated heterocycles. The summed E-state index contributed by atoms with van der Waals surface area (Å²) in [5, 5.41) is 12.4. The Balaban J connectivity index is 1.50. The number of nitrogens with zero attached hydrogens (tertiary/aromatic N) is 1. The summed E-state index contributed by atoms with van der Waals surface area (Å²) in [7, 11) is 2.74. The van der Waals surface area contributed by atoms with Gasteiger partial charge in [0.1, 0.15) is 17.4 Å². The van der Waals surface area contributed by atoms with Gasteiger partial charge in [-0.1, -0.05) is 6.07 Å². The number of nitrogens with two attached hydrogens (primary N) is 1. The molecule has 0 unspecified atom stereocenters. The maximum Gasteiger partial charge on any atom is 0.337 e. The fourth-order valence-electron chi connectivity index (χ4n) is 4.32. The summed E-state index contributed by atoms with van der Waals surface area (Å²) in [6, 6.07) is 13.3. The summed E-state index contributed by atoms with van der Waals surface area (Å²) >= 11 is 0. The molecule has 0 fully saturated rings. The number of hydrogen-bond donors (Lipinski definition) is 2. The number of amides is 1. The van der Waals surface area contributed by atoms with E-state index in [1.165, 1.54) is 26.4 Å². The van der Waals surface area contributed by atoms with Crippen LogP contribution < -0.4 is 20.5 Å². The molecular formula is C27H25N3O7. The van der Waals surface area contributed by atoms with Crippen LogP contribution in [0.4, 0.5) is 5.69 Å². The number of benzene rings is 2. The van der Waals surface area contributed by atoms with Crippen LogP contribution in [0.5, 0.6) is 11.5 Å². The second-order valence-electron chi connectivity index (χ2n) is 8.35. The third-order valence-electron chi connectivity index (χ3n) is 6.07. The zero-order valence-corrected chi connectivity index (χ0v) is 20.3. The Morgan fingerprint density at radius 3 is 2.57 bits per heavy atom. The summed E-state index contributed by atoms with van der Waals surface area (Å²) in [5.74, 6) is -0.563. The SMILES string of the molecule is COC(=O)c1ccc(NC(=O)COc2ccc([C@@H]3C(C#N)=C(N)OC4=C3C(=O)CCC4)cc2OC)cc1. The highest BCUT2D eigenvalue weighted by molar-refractivity contribution is 5.99. The highest BCUT2D eigenvalue weighted by Crippen LogP contribution is 2.45. The molecular weight excluding hydrogens is 478 g/mol. The Labute approximate surface area is 213 Å². The molecule has 3 N–H and O–H groups in total. The molecule has 1 atom stereocenters. The molecule has 2 aromatic rings. The number of Topliss-reactive ketones (excluding diaryl/α,β-unsaturated/α-hetero) is 1. The molecule has 4 rings (SSSR count). The van der Waals surface area contributed by atoms with E-state index in [0.29, 0.717) is 58.9 Å². The predicted molar refractivity (Wildman–Crippen MR) is 131 cm³/mol. The Kier molecular flexibility index (Phi) is 7.44. The first-order valence-corrected chi connectivity index (χ1v) is 11.5. The van der Waals surface area contributed by atoms with Crippen LogP contribution in [0.15, 0.2) is 65.3 Å². The highest BCUT2D eigenvalue weighted by atomic mass is 16.5. The monoisotopic (exact) mass is 503 g/mol. The van der Waals surface area contributed by atoms with Crippen molar-refractivity contribution in [3.63, 3.8) is 0 Å². The lowest BCUT2D eigenvalue weighted by Gasteiger charge is -2.31. The third kappa shape index (κ3) is 5.26. The minimum atomic E-state index is -0.680. The van der Waals surface area contributed by atoms with Crippen molar-refractivity contribution in [3.05, 3.63) is 76.4 Å². The van der Waals surface area contributed by atoms with Crippen molar-refractivity contribution in [1.82, 2.24) is 0 Å². The zero-order valence-electron chi connectivity index (χ0n) is 20.3. The number of methoxy groups -OCH3 is 2. The minimum absolute atomic E-state index is 0.0171. The van der Waals surface area contributed by atoms with E-state index in [1.807, 2.05) is 0 Å². The smallest absolute Gasteiger partial charge is 0.337 e. The zero-order chi connectivity index (χ0) is 26.5. The van der Waals surface area contributed by atoms with Crippen molar-refractivity contribution >= 4 is 23.3 Å². The Hall–Kier alpha value is -4.78. The van der Waals surface area contributed by atoms with Crippen molar-refractivity contribution in [1.29, 1.82) is 5.26 Å². The lowest BCUT2D eigenvalue weighted by molar-refractivity contribution is -0.118. The highest BCUT2D eigenvalue weighted by Gasteiger charge is 2.38. The van der Waals surface area contributed by atoms with Crippen molar-refractivity contribution in [3.8, 4) is 17.6 Å².